The van der Waals surface area contributed by atoms with Crippen molar-refractivity contribution in [2.24, 2.45) is 5.84 Å². The van der Waals surface area contributed by atoms with Crippen LogP contribution < -0.4 is 16.2 Å². The molecule has 20 heavy (non-hydrogen) atoms. The maximum atomic E-state index is 12.7. The van der Waals surface area contributed by atoms with Gasteiger partial charge in [-0.1, -0.05) is 0 Å². The zero-order valence-electron chi connectivity index (χ0n) is 10.5. The van der Waals surface area contributed by atoms with Gasteiger partial charge >= 0.3 is 6.18 Å². The van der Waals surface area contributed by atoms with Gasteiger partial charge in [0.05, 0.1) is 0 Å². The Bertz CT molecular complexity index is 570. The fourth-order valence-electron chi connectivity index (χ4n) is 1.57. The second-order valence-electron chi connectivity index (χ2n) is 4.06. The Morgan fingerprint density at radius 3 is 2.70 bits per heavy atom. The topological polar surface area (TPSA) is 67.1 Å². The summed E-state index contributed by atoms with van der Waals surface area (Å²) in [7, 11) is 1.65. The quantitative estimate of drug-likeness (QED) is 0.671. The lowest BCUT2D eigenvalue weighted by Crippen LogP contribution is -2.22. The predicted octanol–water partition coefficient (Wildman–Crippen LogP) is 2.48. The van der Waals surface area contributed by atoms with Crippen LogP contribution in [0.4, 0.5) is 24.8 Å². The Hall–Kier alpha value is -1.87. The lowest BCUT2D eigenvalue weighted by molar-refractivity contribution is -0.144. The van der Waals surface area contributed by atoms with Crippen LogP contribution in [0.2, 0.25) is 0 Å². The number of alkyl halides is 3. The van der Waals surface area contributed by atoms with E-state index in [2.05, 4.69) is 15.4 Å². The number of halogens is 3. The summed E-state index contributed by atoms with van der Waals surface area (Å²) < 4.78 is 38.1. The first-order chi connectivity index (χ1) is 9.40. The van der Waals surface area contributed by atoms with Crippen molar-refractivity contribution >= 4 is 23.0 Å². The molecule has 0 aliphatic carbocycles. The fraction of sp³-hybridized carbons (Fsp3) is 0.273. The van der Waals surface area contributed by atoms with E-state index in [1.54, 1.807) is 11.9 Å². The molecule has 0 aromatic carbocycles. The molecule has 0 bridgehead atoms. The monoisotopic (exact) mass is 303 g/mol. The van der Waals surface area contributed by atoms with Crippen LogP contribution in [0, 0.1) is 0 Å². The Balaban J connectivity index is 2.30. The molecule has 0 radical (unpaired) electrons. The number of anilines is 2. The second-order valence-corrected chi connectivity index (χ2v) is 4.84. The summed E-state index contributed by atoms with van der Waals surface area (Å²) >= 11 is 1.52. The van der Waals surface area contributed by atoms with Crippen molar-refractivity contribution < 1.29 is 13.2 Å². The molecule has 5 nitrogen and oxygen atoms in total. The van der Waals surface area contributed by atoms with E-state index in [0.717, 1.165) is 5.56 Å². The number of nitrogens with two attached hydrogens (primary N) is 1. The molecule has 0 amide bonds. The smallest absolute Gasteiger partial charge is 0.355 e. The largest absolute Gasteiger partial charge is 0.451 e. The maximum absolute atomic E-state index is 12.7. The van der Waals surface area contributed by atoms with Crippen LogP contribution in [0.25, 0.3) is 0 Å². The first-order valence-corrected chi connectivity index (χ1v) is 6.49. The van der Waals surface area contributed by atoms with Gasteiger partial charge in [0.1, 0.15) is 11.6 Å². The van der Waals surface area contributed by atoms with Gasteiger partial charge < -0.3 is 10.3 Å². The Morgan fingerprint density at radius 1 is 1.40 bits per heavy atom. The molecule has 0 atom stereocenters. The molecule has 0 aliphatic heterocycles. The number of nitrogens with one attached hydrogen (secondary N) is 1. The summed E-state index contributed by atoms with van der Waals surface area (Å²) in [4.78, 5) is 8.43. The van der Waals surface area contributed by atoms with Gasteiger partial charge in [-0.2, -0.15) is 24.5 Å². The first-order valence-electron chi connectivity index (χ1n) is 5.55. The Morgan fingerprint density at radius 2 is 2.15 bits per heavy atom. The number of hydrogen-bond donors (Lipinski definition) is 2. The molecule has 2 aromatic heterocycles. The van der Waals surface area contributed by atoms with Crippen molar-refractivity contribution in [2.45, 2.75) is 12.7 Å². The highest BCUT2D eigenvalue weighted by molar-refractivity contribution is 7.07. The van der Waals surface area contributed by atoms with E-state index < -0.39 is 12.0 Å². The Kier molecular flexibility index (Phi) is 4.09. The number of nitrogen functional groups attached to an aromatic ring is 1. The first kappa shape index (κ1) is 14.5. The average Bonchev–Trinajstić information content (AvgIpc) is 2.90. The average molecular weight is 303 g/mol. The summed E-state index contributed by atoms with van der Waals surface area (Å²) in [5.41, 5.74) is 3.11. The van der Waals surface area contributed by atoms with Crippen molar-refractivity contribution in [2.75, 3.05) is 17.4 Å². The molecule has 0 unspecified atom stereocenters. The van der Waals surface area contributed by atoms with Crippen molar-refractivity contribution in [3.05, 3.63) is 34.3 Å². The molecule has 2 aromatic rings. The normalized spacial score (nSPS) is 11.4. The second kappa shape index (κ2) is 5.63. The lowest BCUT2D eigenvalue weighted by Gasteiger charge is -2.19. The van der Waals surface area contributed by atoms with Crippen molar-refractivity contribution in [1.29, 1.82) is 0 Å². The van der Waals surface area contributed by atoms with Gasteiger partial charge in [-0.25, -0.2) is 15.8 Å². The molecule has 0 saturated carbocycles. The van der Waals surface area contributed by atoms with Crippen molar-refractivity contribution in [1.82, 2.24) is 9.97 Å². The molecular weight excluding hydrogens is 291 g/mol. The van der Waals surface area contributed by atoms with E-state index in [-0.39, 0.29) is 11.6 Å². The molecule has 3 N–H and O–H groups in total. The van der Waals surface area contributed by atoms with Gasteiger partial charge in [0.15, 0.2) is 0 Å². The van der Waals surface area contributed by atoms with Gasteiger partial charge in [-0.05, 0) is 22.4 Å². The summed E-state index contributed by atoms with van der Waals surface area (Å²) in [6.45, 7) is 0.446. The van der Waals surface area contributed by atoms with Gasteiger partial charge in [-0.3, -0.25) is 0 Å². The van der Waals surface area contributed by atoms with Crippen LogP contribution in [0.1, 0.15) is 11.4 Å². The third-order valence-electron chi connectivity index (χ3n) is 2.50. The lowest BCUT2D eigenvalue weighted by atomic mass is 10.3. The van der Waals surface area contributed by atoms with Crippen LogP contribution in [0.5, 0.6) is 0 Å². The molecule has 0 aliphatic rings. The molecule has 0 saturated heterocycles. The molecule has 0 fully saturated rings. The van der Waals surface area contributed by atoms with Gasteiger partial charge in [0, 0.05) is 19.7 Å². The van der Waals surface area contributed by atoms with Crippen LogP contribution >= 0.6 is 11.3 Å². The number of thiophene rings is 1. The van der Waals surface area contributed by atoms with E-state index in [9.17, 15) is 13.2 Å². The number of hydrazine groups is 1. The molecule has 0 spiro atoms. The number of rotatable bonds is 4. The van der Waals surface area contributed by atoms with E-state index in [4.69, 9.17) is 5.84 Å². The highest BCUT2D eigenvalue weighted by Crippen LogP contribution is 2.29. The van der Waals surface area contributed by atoms with E-state index in [1.165, 1.54) is 17.4 Å². The minimum Gasteiger partial charge on any atom is -0.355 e. The number of nitrogens with zero attached hydrogens (tertiary/aromatic N) is 3. The minimum atomic E-state index is -4.62. The van der Waals surface area contributed by atoms with Crippen LogP contribution in [-0.4, -0.2) is 17.0 Å². The molecular formula is C11H12F3N5S. The minimum absolute atomic E-state index is 0.0838. The van der Waals surface area contributed by atoms with Crippen molar-refractivity contribution in [3.63, 3.8) is 0 Å². The number of hydrogen-bond acceptors (Lipinski definition) is 6. The third-order valence-corrected chi connectivity index (χ3v) is 3.24. The van der Waals surface area contributed by atoms with E-state index in [0.29, 0.717) is 6.54 Å². The molecule has 9 heteroatoms. The zero-order valence-corrected chi connectivity index (χ0v) is 11.3. The number of aromatic nitrogens is 2. The molecule has 2 heterocycles. The van der Waals surface area contributed by atoms with Crippen LogP contribution in [-0.2, 0) is 12.7 Å². The summed E-state index contributed by atoms with van der Waals surface area (Å²) in [6, 6.07) is 3.26. The standard InChI is InChI=1S/C11H12F3N5S/c1-19(5-7-2-3-20-6-7)9-4-8(18-15)16-10(17-9)11(12,13)14/h2-4,6H,5,15H2,1H3,(H,16,17,18). The van der Waals surface area contributed by atoms with Gasteiger partial charge in [0.25, 0.3) is 0 Å². The van der Waals surface area contributed by atoms with Gasteiger partial charge in [-0.15, -0.1) is 0 Å². The predicted molar refractivity (Wildman–Crippen MR) is 71.3 cm³/mol. The third kappa shape index (κ3) is 3.36. The van der Waals surface area contributed by atoms with E-state index in [1.807, 2.05) is 16.8 Å². The highest BCUT2D eigenvalue weighted by atomic mass is 32.1. The SMILES string of the molecule is CN(Cc1ccsc1)c1cc(NN)nc(C(F)(F)F)n1. The highest BCUT2D eigenvalue weighted by Gasteiger charge is 2.35. The van der Waals surface area contributed by atoms with Crippen LogP contribution in [0.3, 0.4) is 0 Å². The Labute approximate surface area is 117 Å². The van der Waals surface area contributed by atoms with Crippen molar-refractivity contribution in [3.8, 4) is 0 Å². The van der Waals surface area contributed by atoms with E-state index >= 15 is 0 Å². The van der Waals surface area contributed by atoms with Gasteiger partial charge in [0.2, 0.25) is 5.82 Å². The maximum Gasteiger partial charge on any atom is 0.451 e. The summed E-state index contributed by atoms with van der Waals surface area (Å²) in [6.07, 6.45) is -4.62. The zero-order chi connectivity index (χ0) is 14.8. The summed E-state index contributed by atoms with van der Waals surface area (Å²) in [5, 5.41) is 3.82. The summed E-state index contributed by atoms with van der Waals surface area (Å²) in [5.74, 6) is 3.98. The molecule has 108 valence electrons. The van der Waals surface area contributed by atoms with Crippen LogP contribution in [0.15, 0.2) is 22.9 Å². The molecule has 2 rings (SSSR count). The fourth-order valence-corrected chi connectivity index (χ4v) is 2.23.